The van der Waals surface area contributed by atoms with Crippen molar-refractivity contribution < 1.29 is 0 Å². The molecule has 0 radical (unpaired) electrons. The molecule has 0 bridgehead atoms. The van der Waals surface area contributed by atoms with Crippen LogP contribution >= 0.6 is 0 Å². The zero-order chi connectivity index (χ0) is 13.2. The summed E-state index contributed by atoms with van der Waals surface area (Å²) < 4.78 is 0. The summed E-state index contributed by atoms with van der Waals surface area (Å²) in [5.74, 6) is 0. The molecule has 0 aliphatic carbocycles. The monoisotopic (exact) mass is 249 g/mol. The van der Waals surface area contributed by atoms with Gasteiger partial charge in [-0.2, -0.15) is 0 Å². The van der Waals surface area contributed by atoms with E-state index in [2.05, 4.69) is 22.1 Å². The van der Waals surface area contributed by atoms with Crippen molar-refractivity contribution in [3.63, 3.8) is 0 Å². The predicted molar refractivity (Wildman–Crippen MR) is 76.7 cm³/mol. The van der Waals surface area contributed by atoms with Crippen LogP contribution in [0.25, 0.3) is 10.9 Å². The standard InChI is InChI=1S/C16H15N3/c1-11-10-18-9-7-13(11)15(17)14-6-2-4-12-5-3-8-19-16(12)14/h2-10,15H,17H2,1H3. The topological polar surface area (TPSA) is 51.8 Å². The van der Waals surface area contributed by atoms with E-state index in [1.165, 1.54) is 0 Å². The second-order valence-corrected chi connectivity index (χ2v) is 4.63. The minimum Gasteiger partial charge on any atom is -0.320 e. The van der Waals surface area contributed by atoms with Crippen LogP contribution in [0.4, 0.5) is 0 Å². The number of benzene rings is 1. The third-order valence-electron chi connectivity index (χ3n) is 3.40. The Morgan fingerprint density at radius 1 is 1.00 bits per heavy atom. The molecule has 1 aromatic carbocycles. The highest BCUT2D eigenvalue weighted by Gasteiger charge is 2.14. The van der Waals surface area contributed by atoms with Gasteiger partial charge < -0.3 is 5.73 Å². The van der Waals surface area contributed by atoms with Crippen molar-refractivity contribution in [3.05, 3.63) is 71.7 Å². The van der Waals surface area contributed by atoms with E-state index in [1.807, 2.05) is 37.4 Å². The average Bonchev–Trinajstić information content (AvgIpc) is 2.46. The molecule has 3 aromatic rings. The zero-order valence-electron chi connectivity index (χ0n) is 10.7. The molecule has 1 atom stereocenters. The second-order valence-electron chi connectivity index (χ2n) is 4.63. The van der Waals surface area contributed by atoms with Gasteiger partial charge in [0.2, 0.25) is 0 Å². The fourth-order valence-corrected chi connectivity index (χ4v) is 2.38. The van der Waals surface area contributed by atoms with Gasteiger partial charge in [-0.25, -0.2) is 0 Å². The number of nitrogens with zero attached hydrogens (tertiary/aromatic N) is 2. The van der Waals surface area contributed by atoms with E-state index in [4.69, 9.17) is 5.73 Å². The summed E-state index contributed by atoms with van der Waals surface area (Å²) in [7, 11) is 0. The van der Waals surface area contributed by atoms with Gasteiger partial charge in [0.25, 0.3) is 0 Å². The minimum absolute atomic E-state index is 0.179. The van der Waals surface area contributed by atoms with Crippen LogP contribution in [0.3, 0.4) is 0 Å². The molecule has 19 heavy (non-hydrogen) atoms. The van der Waals surface area contributed by atoms with Crippen molar-refractivity contribution in [1.29, 1.82) is 0 Å². The molecule has 94 valence electrons. The molecule has 0 fully saturated rings. The zero-order valence-corrected chi connectivity index (χ0v) is 10.7. The number of nitrogens with two attached hydrogens (primary N) is 1. The number of aryl methyl sites for hydroxylation is 1. The maximum absolute atomic E-state index is 6.42. The molecule has 0 amide bonds. The van der Waals surface area contributed by atoms with E-state index in [9.17, 15) is 0 Å². The van der Waals surface area contributed by atoms with Gasteiger partial charge in [0.1, 0.15) is 0 Å². The molecule has 0 saturated carbocycles. The highest BCUT2D eigenvalue weighted by molar-refractivity contribution is 5.82. The first-order chi connectivity index (χ1) is 9.27. The smallest absolute Gasteiger partial charge is 0.0753 e. The van der Waals surface area contributed by atoms with Crippen molar-refractivity contribution in [3.8, 4) is 0 Å². The summed E-state index contributed by atoms with van der Waals surface area (Å²) in [6, 6.07) is 11.9. The van der Waals surface area contributed by atoms with Crippen LogP contribution in [0, 0.1) is 6.92 Å². The summed E-state index contributed by atoms with van der Waals surface area (Å²) >= 11 is 0. The SMILES string of the molecule is Cc1cnccc1C(N)c1cccc2cccnc12. The van der Waals surface area contributed by atoms with E-state index < -0.39 is 0 Å². The molecule has 2 aromatic heterocycles. The second kappa shape index (κ2) is 4.78. The molecule has 2 heterocycles. The Morgan fingerprint density at radius 3 is 2.68 bits per heavy atom. The van der Waals surface area contributed by atoms with Gasteiger partial charge in [-0.05, 0) is 35.7 Å². The molecule has 0 aliphatic rings. The molecular weight excluding hydrogens is 234 g/mol. The van der Waals surface area contributed by atoms with Crippen LogP contribution in [-0.4, -0.2) is 9.97 Å². The summed E-state index contributed by atoms with van der Waals surface area (Å²) in [6.07, 6.45) is 5.42. The van der Waals surface area contributed by atoms with Crippen LogP contribution in [0.2, 0.25) is 0 Å². The van der Waals surface area contributed by atoms with E-state index in [0.717, 1.165) is 27.6 Å². The Balaban J connectivity index is 2.17. The molecule has 3 rings (SSSR count). The predicted octanol–water partition coefficient (Wildman–Crippen LogP) is 2.99. The molecule has 3 nitrogen and oxygen atoms in total. The van der Waals surface area contributed by atoms with Crippen molar-refractivity contribution in [2.75, 3.05) is 0 Å². The first kappa shape index (κ1) is 11.8. The Bertz CT molecular complexity index is 717. The highest BCUT2D eigenvalue weighted by atomic mass is 14.7. The normalized spacial score (nSPS) is 12.5. The van der Waals surface area contributed by atoms with Gasteiger partial charge in [0.05, 0.1) is 11.6 Å². The van der Waals surface area contributed by atoms with Crippen LogP contribution in [0.5, 0.6) is 0 Å². The lowest BCUT2D eigenvalue weighted by Crippen LogP contribution is -2.14. The van der Waals surface area contributed by atoms with Gasteiger partial charge in [0.15, 0.2) is 0 Å². The van der Waals surface area contributed by atoms with Crippen molar-refractivity contribution in [1.82, 2.24) is 9.97 Å². The van der Waals surface area contributed by atoms with Crippen LogP contribution in [0.1, 0.15) is 22.7 Å². The average molecular weight is 249 g/mol. The van der Waals surface area contributed by atoms with Crippen LogP contribution in [-0.2, 0) is 0 Å². The van der Waals surface area contributed by atoms with E-state index in [-0.39, 0.29) is 6.04 Å². The minimum atomic E-state index is -0.179. The third kappa shape index (κ3) is 2.09. The largest absolute Gasteiger partial charge is 0.320 e. The maximum Gasteiger partial charge on any atom is 0.0753 e. The summed E-state index contributed by atoms with van der Waals surface area (Å²) in [4.78, 5) is 8.57. The van der Waals surface area contributed by atoms with Gasteiger partial charge in [0, 0.05) is 24.0 Å². The lowest BCUT2D eigenvalue weighted by Gasteiger charge is -2.16. The molecular formula is C16H15N3. The van der Waals surface area contributed by atoms with Crippen molar-refractivity contribution in [2.24, 2.45) is 5.73 Å². The Labute approximate surface area is 112 Å². The van der Waals surface area contributed by atoms with Crippen molar-refractivity contribution >= 4 is 10.9 Å². The molecule has 2 N–H and O–H groups in total. The van der Waals surface area contributed by atoms with E-state index >= 15 is 0 Å². The van der Waals surface area contributed by atoms with E-state index in [1.54, 1.807) is 12.4 Å². The summed E-state index contributed by atoms with van der Waals surface area (Å²) in [5, 5.41) is 1.11. The molecule has 1 unspecified atom stereocenters. The summed E-state index contributed by atoms with van der Waals surface area (Å²) in [5.41, 5.74) is 10.6. The Kier molecular flexibility index (Phi) is 2.97. The maximum atomic E-state index is 6.42. The lowest BCUT2D eigenvalue weighted by atomic mass is 9.95. The van der Waals surface area contributed by atoms with Gasteiger partial charge in [-0.3, -0.25) is 9.97 Å². The number of fused-ring (bicyclic) bond motifs is 1. The van der Waals surface area contributed by atoms with Gasteiger partial charge >= 0.3 is 0 Å². The fraction of sp³-hybridized carbons (Fsp3) is 0.125. The van der Waals surface area contributed by atoms with Gasteiger partial charge in [-0.1, -0.05) is 24.3 Å². The van der Waals surface area contributed by atoms with E-state index in [0.29, 0.717) is 0 Å². The van der Waals surface area contributed by atoms with Gasteiger partial charge in [-0.15, -0.1) is 0 Å². The fourth-order valence-electron chi connectivity index (χ4n) is 2.38. The number of rotatable bonds is 2. The highest BCUT2D eigenvalue weighted by Crippen LogP contribution is 2.27. The molecule has 3 heteroatoms. The first-order valence-electron chi connectivity index (χ1n) is 6.27. The summed E-state index contributed by atoms with van der Waals surface area (Å²) in [6.45, 7) is 2.03. The number of hydrogen-bond donors (Lipinski definition) is 1. The number of pyridine rings is 2. The number of aromatic nitrogens is 2. The number of para-hydroxylation sites is 1. The third-order valence-corrected chi connectivity index (χ3v) is 3.40. The first-order valence-corrected chi connectivity index (χ1v) is 6.27. The molecule has 0 aliphatic heterocycles. The molecule has 0 spiro atoms. The quantitative estimate of drug-likeness (QED) is 0.759. The molecule has 0 saturated heterocycles. The number of hydrogen-bond acceptors (Lipinski definition) is 3. The van der Waals surface area contributed by atoms with Crippen LogP contribution < -0.4 is 5.73 Å². The lowest BCUT2D eigenvalue weighted by molar-refractivity contribution is 0.862. The Morgan fingerprint density at radius 2 is 1.84 bits per heavy atom. The Hall–Kier alpha value is -2.26. The van der Waals surface area contributed by atoms with Crippen LogP contribution in [0.15, 0.2) is 55.0 Å². The van der Waals surface area contributed by atoms with Crippen molar-refractivity contribution in [2.45, 2.75) is 13.0 Å².